The van der Waals surface area contributed by atoms with E-state index < -0.39 is 5.60 Å². The molecule has 0 bridgehead atoms. The summed E-state index contributed by atoms with van der Waals surface area (Å²) in [6.07, 6.45) is 0.280. The van der Waals surface area contributed by atoms with Crippen LogP contribution in [-0.4, -0.2) is 60.5 Å². The molecule has 1 aliphatic heterocycles. The Hall–Kier alpha value is -0.160. The lowest BCUT2D eigenvalue weighted by Gasteiger charge is -2.36. The molecule has 0 aliphatic carbocycles. The highest BCUT2D eigenvalue weighted by atomic mass is 16.5. The fourth-order valence-corrected chi connectivity index (χ4v) is 2.00. The molecular weight excluding hydrogens is 204 g/mol. The SMILES string of the molecule is CC(C)NCC(C)(O)CN1CCOC(C)C1. The largest absolute Gasteiger partial charge is 0.388 e. The summed E-state index contributed by atoms with van der Waals surface area (Å²) in [5, 5.41) is 13.5. The summed E-state index contributed by atoms with van der Waals surface area (Å²) in [4.78, 5) is 2.27. The second-order valence-corrected chi connectivity index (χ2v) is 5.45. The summed E-state index contributed by atoms with van der Waals surface area (Å²) in [6, 6.07) is 0.412. The van der Waals surface area contributed by atoms with E-state index in [2.05, 4.69) is 31.0 Å². The van der Waals surface area contributed by atoms with Gasteiger partial charge in [-0.2, -0.15) is 0 Å². The molecule has 4 nitrogen and oxygen atoms in total. The van der Waals surface area contributed by atoms with Gasteiger partial charge in [0.05, 0.1) is 18.3 Å². The van der Waals surface area contributed by atoms with Crippen molar-refractivity contribution in [3.63, 3.8) is 0 Å². The van der Waals surface area contributed by atoms with Crippen LogP contribution >= 0.6 is 0 Å². The zero-order valence-corrected chi connectivity index (χ0v) is 11.0. The molecule has 16 heavy (non-hydrogen) atoms. The van der Waals surface area contributed by atoms with E-state index in [-0.39, 0.29) is 6.10 Å². The second-order valence-electron chi connectivity index (χ2n) is 5.45. The van der Waals surface area contributed by atoms with Crippen molar-refractivity contribution in [1.29, 1.82) is 0 Å². The summed E-state index contributed by atoms with van der Waals surface area (Å²) in [7, 11) is 0. The van der Waals surface area contributed by atoms with Crippen LogP contribution in [0.4, 0.5) is 0 Å². The van der Waals surface area contributed by atoms with Crippen molar-refractivity contribution < 1.29 is 9.84 Å². The molecule has 0 amide bonds. The molecule has 1 aliphatic rings. The number of morpholine rings is 1. The number of aliphatic hydroxyl groups is 1. The van der Waals surface area contributed by atoms with Crippen molar-refractivity contribution in [2.24, 2.45) is 0 Å². The van der Waals surface area contributed by atoms with E-state index in [4.69, 9.17) is 4.74 Å². The quantitative estimate of drug-likeness (QED) is 0.720. The lowest BCUT2D eigenvalue weighted by atomic mass is 10.1. The zero-order valence-electron chi connectivity index (χ0n) is 11.0. The molecule has 1 heterocycles. The Morgan fingerprint density at radius 3 is 2.81 bits per heavy atom. The van der Waals surface area contributed by atoms with E-state index in [9.17, 15) is 5.11 Å². The van der Waals surface area contributed by atoms with Crippen molar-refractivity contribution in [3.05, 3.63) is 0 Å². The van der Waals surface area contributed by atoms with Crippen molar-refractivity contribution in [1.82, 2.24) is 10.2 Å². The third kappa shape index (κ3) is 5.25. The zero-order chi connectivity index (χ0) is 12.2. The number of hydrogen-bond acceptors (Lipinski definition) is 4. The number of ether oxygens (including phenoxy) is 1. The van der Waals surface area contributed by atoms with Crippen molar-refractivity contribution in [2.75, 3.05) is 32.8 Å². The average Bonchev–Trinajstić information content (AvgIpc) is 2.14. The summed E-state index contributed by atoms with van der Waals surface area (Å²) >= 11 is 0. The van der Waals surface area contributed by atoms with Gasteiger partial charge in [0.1, 0.15) is 0 Å². The van der Waals surface area contributed by atoms with E-state index in [1.54, 1.807) is 0 Å². The number of hydrogen-bond donors (Lipinski definition) is 2. The molecule has 1 saturated heterocycles. The van der Waals surface area contributed by atoms with Gasteiger partial charge in [0.15, 0.2) is 0 Å². The molecule has 0 aromatic rings. The standard InChI is InChI=1S/C12H26N2O2/c1-10(2)13-8-12(4,15)9-14-5-6-16-11(3)7-14/h10-11,13,15H,5-9H2,1-4H3. The number of β-amino-alcohol motifs (C(OH)–C–C–N with tert-alkyl or cyclic N) is 1. The van der Waals surface area contributed by atoms with Gasteiger partial charge in [0.2, 0.25) is 0 Å². The van der Waals surface area contributed by atoms with E-state index in [0.29, 0.717) is 19.1 Å². The van der Waals surface area contributed by atoms with Crippen LogP contribution in [0.25, 0.3) is 0 Å². The minimum absolute atomic E-state index is 0.280. The molecule has 2 unspecified atom stereocenters. The van der Waals surface area contributed by atoms with Crippen molar-refractivity contribution in [2.45, 2.75) is 45.4 Å². The number of nitrogens with zero attached hydrogens (tertiary/aromatic N) is 1. The normalized spacial score (nSPS) is 27.0. The van der Waals surface area contributed by atoms with Crippen LogP contribution in [0, 0.1) is 0 Å². The monoisotopic (exact) mass is 230 g/mol. The maximum absolute atomic E-state index is 10.3. The van der Waals surface area contributed by atoms with E-state index in [1.165, 1.54) is 0 Å². The highest BCUT2D eigenvalue weighted by molar-refractivity contribution is 4.82. The first-order chi connectivity index (χ1) is 7.39. The predicted molar refractivity (Wildman–Crippen MR) is 65.6 cm³/mol. The molecule has 0 aromatic carbocycles. The molecule has 4 heteroatoms. The lowest BCUT2D eigenvalue weighted by Crippen LogP contribution is -2.52. The third-order valence-electron chi connectivity index (χ3n) is 2.78. The molecule has 0 radical (unpaired) electrons. The predicted octanol–water partition coefficient (Wildman–Crippen LogP) is 0.456. The van der Waals surface area contributed by atoms with Crippen LogP contribution in [0.2, 0.25) is 0 Å². The van der Waals surface area contributed by atoms with Crippen LogP contribution in [0.3, 0.4) is 0 Å². The first kappa shape index (κ1) is 13.9. The first-order valence-corrected chi connectivity index (χ1v) is 6.19. The molecule has 1 fully saturated rings. The van der Waals surface area contributed by atoms with Gasteiger partial charge in [-0.25, -0.2) is 0 Å². The minimum Gasteiger partial charge on any atom is -0.388 e. The third-order valence-corrected chi connectivity index (χ3v) is 2.78. The number of rotatable bonds is 5. The Bertz CT molecular complexity index is 207. The molecule has 0 aromatic heterocycles. The van der Waals surface area contributed by atoms with Crippen LogP contribution in [0.5, 0.6) is 0 Å². The van der Waals surface area contributed by atoms with Crippen LogP contribution < -0.4 is 5.32 Å². The smallest absolute Gasteiger partial charge is 0.0869 e. The highest BCUT2D eigenvalue weighted by Gasteiger charge is 2.26. The Morgan fingerprint density at radius 1 is 1.56 bits per heavy atom. The van der Waals surface area contributed by atoms with Gasteiger partial charge in [-0.15, -0.1) is 0 Å². The summed E-state index contributed by atoms with van der Waals surface area (Å²) < 4.78 is 5.48. The lowest BCUT2D eigenvalue weighted by molar-refractivity contribution is -0.0525. The summed E-state index contributed by atoms with van der Waals surface area (Å²) in [6.45, 7) is 12.1. The Labute approximate surface area is 99.0 Å². The summed E-state index contributed by atoms with van der Waals surface area (Å²) in [5.74, 6) is 0. The van der Waals surface area contributed by atoms with Crippen LogP contribution in [-0.2, 0) is 4.74 Å². The van der Waals surface area contributed by atoms with Gasteiger partial charge in [0, 0.05) is 32.2 Å². The molecule has 2 atom stereocenters. The molecule has 2 N–H and O–H groups in total. The Morgan fingerprint density at radius 2 is 2.25 bits per heavy atom. The van der Waals surface area contributed by atoms with Crippen LogP contribution in [0.15, 0.2) is 0 Å². The summed E-state index contributed by atoms with van der Waals surface area (Å²) in [5.41, 5.74) is -0.665. The molecule has 1 rings (SSSR count). The topological polar surface area (TPSA) is 44.7 Å². The highest BCUT2D eigenvalue weighted by Crippen LogP contribution is 2.10. The second kappa shape index (κ2) is 5.96. The number of nitrogens with one attached hydrogen (secondary N) is 1. The average molecular weight is 230 g/mol. The van der Waals surface area contributed by atoms with Gasteiger partial charge in [-0.1, -0.05) is 13.8 Å². The van der Waals surface area contributed by atoms with Gasteiger partial charge < -0.3 is 15.2 Å². The first-order valence-electron chi connectivity index (χ1n) is 6.19. The van der Waals surface area contributed by atoms with Crippen molar-refractivity contribution >= 4 is 0 Å². The maximum Gasteiger partial charge on any atom is 0.0869 e. The van der Waals surface area contributed by atoms with Crippen LogP contribution in [0.1, 0.15) is 27.7 Å². The van der Waals surface area contributed by atoms with Gasteiger partial charge in [0.25, 0.3) is 0 Å². The fourth-order valence-electron chi connectivity index (χ4n) is 2.00. The fraction of sp³-hybridized carbons (Fsp3) is 1.00. The van der Waals surface area contributed by atoms with Gasteiger partial charge in [-0.3, -0.25) is 4.90 Å². The Balaban J connectivity index is 2.32. The molecule has 0 spiro atoms. The maximum atomic E-state index is 10.3. The van der Waals surface area contributed by atoms with Gasteiger partial charge >= 0.3 is 0 Å². The minimum atomic E-state index is -0.665. The molecular formula is C12H26N2O2. The van der Waals surface area contributed by atoms with E-state index in [1.807, 2.05) is 6.92 Å². The van der Waals surface area contributed by atoms with Gasteiger partial charge in [-0.05, 0) is 13.8 Å². The van der Waals surface area contributed by atoms with E-state index in [0.717, 1.165) is 19.7 Å². The van der Waals surface area contributed by atoms with E-state index >= 15 is 0 Å². The molecule has 0 saturated carbocycles. The molecule has 96 valence electrons. The Kier molecular flexibility index (Phi) is 5.18. The van der Waals surface area contributed by atoms with Crippen molar-refractivity contribution in [3.8, 4) is 0 Å².